The van der Waals surface area contributed by atoms with Gasteiger partial charge in [-0.2, -0.15) is 0 Å². The summed E-state index contributed by atoms with van der Waals surface area (Å²) in [6.07, 6.45) is 1.95. The smallest absolute Gasteiger partial charge is 0.262 e. The van der Waals surface area contributed by atoms with Crippen molar-refractivity contribution in [1.82, 2.24) is 10.2 Å². The Morgan fingerprint density at radius 1 is 1.20 bits per heavy atom. The SMILES string of the molecule is Cc1ccccc1[C@@H]1CCCN1C(=O)C(C)(C)NC(=O)c1cccs1. The number of carbonyl (C=O) groups is 2. The lowest BCUT2D eigenvalue weighted by molar-refractivity contribution is -0.137. The highest BCUT2D eigenvalue weighted by molar-refractivity contribution is 7.12. The predicted molar refractivity (Wildman–Crippen MR) is 101 cm³/mol. The molecule has 1 aromatic heterocycles. The van der Waals surface area contributed by atoms with Crippen LogP contribution in [0, 0.1) is 6.92 Å². The molecule has 0 bridgehead atoms. The second-order valence-corrected chi connectivity index (χ2v) is 8.02. The average Bonchev–Trinajstić information content (AvgIpc) is 3.26. The molecule has 1 aliphatic rings. The number of amides is 2. The van der Waals surface area contributed by atoms with Crippen molar-refractivity contribution in [3.05, 3.63) is 57.8 Å². The third-order valence-corrected chi connectivity index (χ3v) is 5.64. The van der Waals surface area contributed by atoms with E-state index in [1.165, 1.54) is 22.5 Å². The summed E-state index contributed by atoms with van der Waals surface area (Å²) >= 11 is 1.38. The fourth-order valence-corrected chi connectivity index (χ4v) is 4.08. The summed E-state index contributed by atoms with van der Waals surface area (Å²) in [5, 5.41) is 4.76. The molecule has 0 saturated carbocycles. The van der Waals surface area contributed by atoms with E-state index in [0.717, 1.165) is 19.4 Å². The molecule has 0 aliphatic carbocycles. The molecule has 0 radical (unpaired) electrons. The lowest BCUT2D eigenvalue weighted by Gasteiger charge is -2.34. The molecule has 1 aromatic carbocycles. The number of benzene rings is 1. The number of nitrogens with one attached hydrogen (secondary N) is 1. The van der Waals surface area contributed by atoms with E-state index in [4.69, 9.17) is 0 Å². The topological polar surface area (TPSA) is 49.4 Å². The van der Waals surface area contributed by atoms with Gasteiger partial charge in [0.2, 0.25) is 5.91 Å². The molecule has 25 heavy (non-hydrogen) atoms. The van der Waals surface area contributed by atoms with Crippen molar-refractivity contribution >= 4 is 23.2 Å². The van der Waals surface area contributed by atoms with Crippen molar-refractivity contribution in [3.63, 3.8) is 0 Å². The largest absolute Gasteiger partial charge is 0.337 e. The molecule has 1 aliphatic heterocycles. The standard InChI is InChI=1S/C20H24N2O2S/c1-14-8-4-5-9-15(14)16-10-6-12-22(16)19(24)20(2,3)21-18(23)17-11-7-13-25-17/h4-5,7-9,11,13,16H,6,10,12H2,1-3H3,(H,21,23)/t16-/m0/s1. The monoisotopic (exact) mass is 356 g/mol. The van der Waals surface area contributed by atoms with Crippen molar-refractivity contribution in [2.24, 2.45) is 0 Å². The molecule has 1 atom stereocenters. The van der Waals surface area contributed by atoms with Crippen LogP contribution in [0.5, 0.6) is 0 Å². The van der Waals surface area contributed by atoms with Gasteiger partial charge < -0.3 is 10.2 Å². The Bertz CT molecular complexity index is 768. The summed E-state index contributed by atoms with van der Waals surface area (Å²) in [5.41, 5.74) is 1.47. The van der Waals surface area contributed by atoms with E-state index in [1.54, 1.807) is 19.9 Å². The third kappa shape index (κ3) is 3.61. The normalized spacial score (nSPS) is 17.6. The summed E-state index contributed by atoms with van der Waals surface area (Å²) in [7, 11) is 0. The zero-order valence-corrected chi connectivity index (χ0v) is 15.7. The quantitative estimate of drug-likeness (QED) is 0.902. The van der Waals surface area contributed by atoms with E-state index in [9.17, 15) is 9.59 Å². The summed E-state index contributed by atoms with van der Waals surface area (Å²) in [6.45, 7) is 6.39. The highest BCUT2D eigenvalue weighted by Crippen LogP contribution is 2.35. The number of rotatable bonds is 4. The van der Waals surface area contributed by atoms with Crippen molar-refractivity contribution in [1.29, 1.82) is 0 Å². The Labute approximate surface area is 152 Å². The van der Waals surface area contributed by atoms with Gasteiger partial charge in [-0.05, 0) is 56.2 Å². The van der Waals surface area contributed by atoms with Gasteiger partial charge in [0.25, 0.3) is 5.91 Å². The molecule has 3 rings (SSSR count). The number of aryl methyl sites for hydroxylation is 1. The first-order chi connectivity index (χ1) is 11.9. The van der Waals surface area contributed by atoms with Crippen LogP contribution in [0.3, 0.4) is 0 Å². The third-order valence-electron chi connectivity index (χ3n) is 4.77. The van der Waals surface area contributed by atoms with Gasteiger partial charge in [-0.15, -0.1) is 11.3 Å². The number of carbonyl (C=O) groups excluding carboxylic acids is 2. The molecule has 5 heteroatoms. The Morgan fingerprint density at radius 3 is 2.64 bits per heavy atom. The summed E-state index contributed by atoms with van der Waals surface area (Å²) in [5.74, 6) is -0.219. The number of likely N-dealkylation sites (tertiary alicyclic amines) is 1. The maximum Gasteiger partial charge on any atom is 0.262 e. The average molecular weight is 356 g/mol. The molecule has 4 nitrogen and oxygen atoms in total. The van der Waals surface area contributed by atoms with Gasteiger partial charge in [-0.25, -0.2) is 0 Å². The van der Waals surface area contributed by atoms with Crippen LogP contribution < -0.4 is 5.32 Å². The molecule has 2 aromatic rings. The number of thiophene rings is 1. The minimum absolute atomic E-state index is 0.0249. The molecule has 1 N–H and O–H groups in total. The van der Waals surface area contributed by atoms with Crippen LogP contribution in [0.2, 0.25) is 0 Å². The maximum atomic E-state index is 13.2. The first-order valence-electron chi connectivity index (χ1n) is 8.63. The van der Waals surface area contributed by atoms with Crippen LogP contribution in [-0.2, 0) is 4.79 Å². The molecular weight excluding hydrogens is 332 g/mol. The van der Waals surface area contributed by atoms with Gasteiger partial charge >= 0.3 is 0 Å². The van der Waals surface area contributed by atoms with Crippen molar-refractivity contribution in [3.8, 4) is 0 Å². The second-order valence-electron chi connectivity index (χ2n) is 7.07. The number of hydrogen-bond donors (Lipinski definition) is 1. The molecule has 2 heterocycles. The van der Waals surface area contributed by atoms with E-state index >= 15 is 0 Å². The van der Waals surface area contributed by atoms with Crippen LogP contribution in [0.25, 0.3) is 0 Å². The highest BCUT2D eigenvalue weighted by atomic mass is 32.1. The second kappa shape index (κ2) is 7.00. The lowest BCUT2D eigenvalue weighted by Crippen LogP contribution is -2.55. The van der Waals surface area contributed by atoms with E-state index < -0.39 is 5.54 Å². The highest BCUT2D eigenvalue weighted by Gasteiger charge is 2.39. The summed E-state index contributed by atoms with van der Waals surface area (Å²) < 4.78 is 0. The lowest BCUT2D eigenvalue weighted by atomic mass is 9.97. The fourth-order valence-electron chi connectivity index (χ4n) is 3.46. The Kier molecular flexibility index (Phi) is 4.95. The molecule has 1 fully saturated rings. The maximum absolute atomic E-state index is 13.2. The molecule has 0 unspecified atom stereocenters. The van der Waals surface area contributed by atoms with Crippen LogP contribution in [0.1, 0.15) is 53.5 Å². The predicted octanol–water partition coefficient (Wildman–Crippen LogP) is 3.93. The van der Waals surface area contributed by atoms with Crippen molar-refractivity contribution in [2.75, 3.05) is 6.54 Å². The molecule has 132 valence electrons. The van der Waals surface area contributed by atoms with Crippen LogP contribution in [0.15, 0.2) is 41.8 Å². The zero-order chi connectivity index (χ0) is 18.0. The minimum Gasteiger partial charge on any atom is -0.337 e. The first kappa shape index (κ1) is 17.7. The summed E-state index contributed by atoms with van der Waals surface area (Å²) in [6, 6.07) is 11.9. The number of hydrogen-bond acceptors (Lipinski definition) is 3. The first-order valence-corrected chi connectivity index (χ1v) is 9.51. The van der Waals surface area contributed by atoms with Gasteiger partial charge in [-0.3, -0.25) is 9.59 Å². The number of nitrogens with zero attached hydrogens (tertiary/aromatic N) is 1. The van der Waals surface area contributed by atoms with E-state index in [2.05, 4.69) is 24.4 Å². The Balaban J connectivity index is 1.78. The van der Waals surface area contributed by atoms with Crippen molar-refractivity contribution < 1.29 is 9.59 Å². The zero-order valence-electron chi connectivity index (χ0n) is 14.9. The molecule has 1 saturated heterocycles. The van der Waals surface area contributed by atoms with Gasteiger partial charge in [0.05, 0.1) is 10.9 Å². The molecule has 0 spiro atoms. The molecular formula is C20H24N2O2S. The van der Waals surface area contributed by atoms with E-state index in [1.807, 2.05) is 28.5 Å². The van der Waals surface area contributed by atoms with E-state index in [0.29, 0.717) is 4.88 Å². The van der Waals surface area contributed by atoms with E-state index in [-0.39, 0.29) is 17.9 Å². The van der Waals surface area contributed by atoms with Gasteiger partial charge in [-0.1, -0.05) is 30.3 Å². The minimum atomic E-state index is -0.938. The fraction of sp³-hybridized carbons (Fsp3) is 0.400. The Hall–Kier alpha value is -2.14. The Morgan fingerprint density at radius 2 is 1.96 bits per heavy atom. The van der Waals surface area contributed by atoms with Crippen LogP contribution >= 0.6 is 11.3 Å². The summed E-state index contributed by atoms with van der Waals surface area (Å²) in [4.78, 5) is 28.1. The van der Waals surface area contributed by atoms with Gasteiger partial charge in [0.15, 0.2) is 0 Å². The van der Waals surface area contributed by atoms with Gasteiger partial charge in [0.1, 0.15) is 5.54 Å². The van der Waals surface area contributed by atoms with Crippen LogP contribution in [-0.4, -0.2) is 28.8 Å². The molecule has 2 amide bonds. The van der Waals surface area contributed by atoms with Gasteiger partial charge in [0, 0.05) is 6.54 Å². The van der Waals surface area contributed by atoms with Crippen molar-refractivity contribution in [2.45, 2.75) is 45.2 Å². The van der Waals surface area contributed by atoms with Crippen LogP contribution in [0.4, 0.5) is 0 Å².